The van der Waals surface area contributed by atoms with Gasteiger partial charge in [-0.25, -0.2) is 0 Å². The fourth-order valence-corrected chi connectivity index (χ4v) is 2.03. The quantitative estimate of drug-likeness (QED) is 0.659. The fourth-order valence-electron chi connectivity index (χ4n) is 2.03. The monoisotopic (exact) mass is 360 g/mol. The number of alkyl halides is 3. The second-order valence-corrected chi connectivity index (χ2v) is 5.37. The van der Waals surface area contributed by atoms with Gasteiger partial charge in [0, 0.05) is 19.5 Å². The molecule has 0 aliphatic carbocycles. The molecular formula is C16H19F3N2O4. The number of amides is 2. The van der Waals surface area contributed by atoms with Crippen molar-refractivity contribution in [1.29, 1.82) is 0 Å². The number of halogens is 3. The molecule has 0 saturated carbocycles. The van der Waals surface area contributed by atoms with Gasteiger partial charge in [-0.2, -0.15) is 13.2 Å². The van der Waals surface area contributed by atoms with Crippen molar-refractivity contribution in [3.63, 3.8) is 0 Å². The SMILES string of the molecule is O=C(O)CCCN(Cc1ccccc1)C(=O)CC(=O)NCC(F)(F)F. The molecule has 1 rings (SSSR count). The molecule has 0 saturated heterocycles. The third-order valence-corrected chi connectivity index (χ3v) is 3.19. The first-order valence-corrected chi connectivity index (χ1v) is 7.54. The Labute approximate surface area is 142 Å². The van der Waals surface area contributed by atoms with Crippen molar-refractivity contribution < 1.29 is 32.7 Å². The van der Waals surface area contributed by atoms with E-state index in [-0.39, 0.29) is 25.9 Å². The van der Waals surface area contributed by atoms with Gasteiger partial charge in [0.15, 0.2) is 0 Å². The zero-order valence-corrected chi connectivity index (χ0v) is 13.4. The van der Waals surface area contributed by atoms with Gasteiger partial charge in [0.1, 0.15) is 13.0 Å². The maximum Gasteiger partial charge on any atom is 0.405 e. The number of nitrogens with one attached hydrogen (secondary N) is 1. The Bertz CT molecular complexity index is 591. The highest BCUT2D eigenvalue weighted by atomic mass is 19.4. The van der Waals surface area contributed by atoms with Crippen molar-refractivity contribution in [3.05, 3.63) is 35.9 Å². The van der Waals surface area contributed by atoms with Crippen LogP contribution >= 0.6 is 0 Å². The number of rotatable bonds is 9. The summed E-state index contributed by atoms with van der Waals surface area (Å²) >= 11 is 0. The standard InChI is InChI=1S/C16H19F3N2O4/c17-16(18,19)11-20-13(22)9-14(23)21(8-4-7-15(24)25)10-12-5-2-1-3-6-12/h1-3,5-6H,4,7-11H2,(H,20,22)(H,24,25). The molecule has 9 heteroatoms. The highest BCUT2D eigenvalue weighted by Crippen LogP contribution is 2.12. The normalized spacial score (nSPS) is 11.0. The number of carbonyl (C=O) groups excluding carboxylic acids is 2. The number of carboxylic acid groups (broad SMARTS) is 1. The maximum atomic E-state index is 12.2. The topological polar surface area (TPSA) is 86.7 Å². The Hall–Kier alpha value is -2.58. The van der Waals surface area contributed by atoms with E-state index in [1.807, 2.05) is 0 Å². The number of carbonyl (C=O) groups is 3. The van der Waals surface area contributed by atoms with Crippen molar-refractivity contribution in [1.82, 2.24) is 10.2 Å². The molecule has 0 bridgehead atoms. The molecule has 0 aliphatic heterocycles. The minimum Gasteiger partial charge on any atom is -0.481 e. The number of nitrogens with zero attached hydrogens (tertiary/aromatic N) is 1. The lowest BCUT2D eigenvalue weighted by atomic mass is 10.2. The molecule has 138 valence electrons. The summed E-state index contributed by atoms with van der Waals surface area (Å²) in [5.41, 5.74) is 0.766. The van der Waals surface area contributed by atoms with Gasteiger partial charge in [0.2, 0.25) is 11.8 Å². The molecule has 0 aromatic heterocycles. The van der Waals surface area contributed by atoms with E-state index < -0.39 is 36.9 Å². The lowest BCUT2D eigenvalue weighted by molar-refractivity contribution is -0.144. The molecule has 1 aromatic carbocycles. The Morgan fingerprint density at radius 1 is 1.12 bits per heavy atom. The average Bonchev–Trinajstić information content (AvgIpc) is 2.52. The van der Waals surface area contributed by atoms with E-state index in [1.54, 1.807) is 35.6 Å². The van der Waals surface area contributed by atoms with Crippen LogP contribution in [0.15, 0.2) is 30.3 Å². The molecule has 25 heavy (non-hydrogen) atoms. The number of benzene rings is 1. The van der Waals surface area contributed by atoms with Crippen LogP contribution in [-0.4, -0.2) is 47.1 Å². The summed E-state index contributed by atoms with van der Waals surface area (Å²) in [7, 11) is 0. The summed E-state index contributed by atoms with van der Waals surface area (Å²) in [6.45, 7) is -1.27. The summed E-state index contributed by atoms with van der Waals surface area (Å²) in [6, 6.07) is 8.80. The first-order chi connectivity index (χ1) is 11.7. The van der Waals surface area contributed by atoms with Gasteiger partial charge in [0.05, 0.1) is 0 Å². The van der Waals surface area contributed by atoms with Crippen LogP contribution < -0.4 is 5.32 Å². The summed E-state index contributed by atoms with van der Waals surface area (Å²) in [6.07, 6.45) is -5.25. The zero-order chi connectivity index (χ0) is 18.9. The summed E-state index contributed by atoms with van der Waals surface area (Å²) in [5.74, 6) is -2.71. The van der Waals surface area contributed by atoms with Crippen molar-refractivity contribution >= 4 is 17.8 Å². The van der Waals surface area contributed by atoms with E-state index in [1.165, 1.54) is 4.90 Å². The zero-order valence-electron chi connectivity index (χ0n) is 13.4. The number of hydrogen-bond donors (Lipinski definition) is 2. The second kappa shape index (κ2) is 9.65. The molecular weight excluding hydrogens is 341 g/mol. The van der Waals surface area contributed by atoms with Gasteiger partial charge in [-0.1, -0.05) is 30.3 Å². The van der Waals surface area contributed by atoms with Gasteiger partial charge in [0.25, 0.3) is 0 Å². The Kier molecular flexibility index (Phi) is 7.90. The predicted molar refractivity (Wildman–Crippen MR) is 82.4 cm³/mol. The molecule has 2 amide bonds. The van der Waals surface area contributed by atoms with Gasteiger partial charge in [-0.3, -0.25) is 14.4 Å². The minimum atomic E-state index is -4.55. The highest BCUT2D eigenvalue weighted by Gasteiger charge is 2.28. The van der Waals surface area contributed by atoms with Crippen LogP contribution in [0.25, 0.3) is 0 Å². The lowest BCUT2D eigenvalue weighted by Gasteiger charge is -2.22. The van der Waals surface area contributed by atoms with Crippen LogP contribution in [0.5, 0.6) is 0 Å². The van der Waals surface area contributed by atoms with Gasteiger partial charge < -0.3 is 15.3 Å². The molecule has 0 fully saturated rings. The van der Waals surface area contributed by atoms with Crippen molar-refractivity contribution in [2.24, 2.45) is 0 Å². The number of hydrogen-bond acceptors (Lipinski definition) is 3. The lowest BCUT2D eigenvalue weighted by Crippen LogP contribution is -2.39. The van der Waals surface area contributed by atoms with E-state index in [4.69, 9.17) is 5.11 Å². The third-order valence-electron chi connectivity index (χ3n) is 3.19. The van der Waals surface area contributed by atoms with Gasteiger partial charge >= 0.3 is 12.1 Å². The van der Waals surface area contributed by atoms with Crippen LogP contribution in [0, 0.1) is 0 Å². The van der Waals surface area contributed by atoms with Gasteiger partial charge in [-0.05, 0) is 12.0 Å². The number of aliphatic carboxylic acids is 1. The molecule has 0 unspecified atom stereocenters. The average molecular weight is 360 g/mol. The Balaban J connectivity index is 2.64. The second-order valence-electron chi connectivity index (χ2n) is 5.37. The van der Waals surface area contributed by atoms with E-state index in [0.29, 0.717) is 0 Å². The first-order valence-electron chi connectivity index (χ1n) is 7.54. The van der Waals surface area contributed by atoms with E-state index in [9.17, 15) is 27.6 Å². The van der Waals surface area contributed by atoms with Crippen LogP contribution in [-0.2, 0) is 20.9 Å². The molecule has 0 atom stereocenters. The molecule has 0 aliphatic rings. The fraction of sp³-hybridized carbons (Fsp3) is 0.438. The van der Waals surface area contributed by atoms with Crippen LogP contribution in [0.1, 0.15) is 24.8 Å². The van der Waals surface area contributed by atoms with Crippen LogP contribution in [0.2, 0.25) is 0 Å². The number of carboxylic acids is 1. The van der Waals surface area contributed by atoms with Crippen molar-refractivity contribution in [3.8, 4) is 0 Å². The first kappa shape index (κ1) is 20.5. The van der Waals surface area contributed by atoms with Crippen molar-refractivity contribution in [2.75, 3.05) is 13.1 Å². The highest BCUT2D eigenvalue weighted by molar-refractivity contribution is 5.96. The maximum absolute atomic E-state index is 12.2. The molecule has 0 heterocycles. The van der Waals surface area contributed by atoms with E-state index in [0.717, 1.165) is 5.56 Å². The van der Waals surface area contributed by atoms with Crippen LogP contribution in [0.4, 0.5) is 13.2 Å². The molecule has 2 N–H and O–H groups in total. The Morgan fingerprint density at radius 2 is 1.76 bits per heavy atom. The third kappa shape index (κ3) is 9.33. The smallest absolute Gasteiger partial charge is 0.405 e. The molecule has 6 nitrogen and oxygen atoms in total. The summed E-state index contributed by atoms with van der Waals surface area (Å²) in [5, 5.41) is 10.3. The van der Waals surface area contributed by atoms with Crippen molar-refractivity contribution in [2.45, 2.75) is 32.0 Å². The largest absolute Gasteiger partial charge is 0.481 e. The van der Waals surface area contributed by atoms with Gasteiger partial charge in [-0.15, -0.1) is 0 Å². The Morgan fingerprint density at radius 3 is 2.32 bits per heavy atom. The summed E-state index contributed by atoms with van der Waals surface area (Å²) in [4.78, 5) is 35.5. The van der Waals surface area contributed by atoms with E-state index in [2.05, 4.69) is 0 Å². The molecule has 0 radical (unpaired) electrons. The predicted octanol–water partition coefficient (Wildman–Crippen LogP) is 1.95. The van der Waals surface area contributed by atoms with Crippen LogP contribution in [0.3, 0.4) is 0 Å². The molecule has 0 spiro atoms. The molecule has 1 aromatic rings. The summed E-state index contributed by atoms with van der Waals surface area (Å²) < 4.78 is 36.2. The van der Waals surface area contributed by atoms with E-state index >= 15 is 0 Å². The minimum absolute atomic E-state index is 0.0899.